The Labute approximate surface area is 167 Å². The summed E-state index contributed by atoms with van der Waals surface area (Å²) in [6.45, 7) is 3.23. The first-order valence-corrected chi connectivity index (χ1v) is 8.88. The number of hydrogen-bond donors (Lipinski definition) is 2. The van der Waals surface area contributed by atoms with E-state index in [-0.39, 0.29) is 11.3 Å². The Morgan fingerprint density at radius 1 is 1.07 bits per heavy atom. The van der Waals surface area contributed by atoms with Gasteiger partial charge < -0.3 is 15.4 Å². The Morgan fingerprint density at radius 3 is 2.54 bits per heavy atom. The first-order valence-electron chi connectivity index (χ1n) is 8.50. The topological polar surface area (TPSA) is 80.3 Å². The van der Waals surface area contributed by atoms with E-state index in [1.54, 1.807) is 48.7 Å². The highest BCUT2D eigenvalue weighted by Gasteiger charge is 2.14. The van der Waals surface area contributed by atoms with Gasteiger partial charge in [-0.3, -0.25) is 9.59 Å². The van der Waals surface area contributed by atoms with E-state index < -0.39 is 11.9 Å². The van der Waals surface area contributed by atoms with E-state index in [0.717, 1.165) is 11.3 Å². The molecule has 0 radical (unpaired) electrons. The highest BCUT2D eigenvalue weighted by molar-refractivity contribution is 6.30. The average Bonchev–Trinajstić information content (AvgIpc) is 2.65. The summed E-state index contributed by atoms with van der Waals surface area (Å²) < 4.78 is 5.07. The fourth-order valence-electron chi connectivity index (χ4n) is 2.54. The van der Waals surface area contributed by atoms with Crippen LogP contribution < -0.4 is 15.4 Å². The summed E-state index contributed by atoms with van der Waals surface area (Å²) in [5.74, 6) is -0.0524. The number of carbonyl (C=O) groups excluding carboxylic acids is 2. The molecular weight excluding hydrogens is 378 g/mol. The number of halogens is 1. The lowest BCUT2D eigenvalue weighted by atomic mass is 10.2. The van der Waals surface area contributed by atoms with Gasteiger partial charge in [0.15, 0.2) is 0 Å². The van der Waals surface area contributed by atoms with Crippen LogP contribution in [0.2, 0.25) is 5.02 Å². The van der Waals surface area contributed by atoms with Gasteiger partial charge in [0.1, 0.15) is 11.6 Å². The molecule has 0 aliphatic carbocycles. The molecule has 3 aromatic rings. The molecule has 0 aliphatic heterocycles. The third-order valence-corrected chi connectivity index (χ3v) is 4.09. The fourth-order valence-corrected chi connectivity index (χ4v) is 2.77. The van der Waals surface area contributed by atoms with Crippen LogP contribution in [0.3, 0.4) is 0 Å². The number of hydrogen-bond acceptors (Lipinski definition) is 5. The molecule has 7 heteroatoms. The second-order valence-electron chi connectivity index (χ2n) is 6.06. The maximum Gasteiger partial charge on any atom is 0.308 e. The lowest BCUT2D eigenvalue weighted by Gasteiger charge is -2.11. The van der Waals surface area contributed by atoms with Crippen molar-refractivity contribution < 1.29 is 14.3 Å². The molecule has 3 rings (SSSR count). The van der Waals surface area contributed by atoms with Gasteiger partial charge >= 0.3 is 5.97 Å². The zero-order chi connectivity index (χ0) is 20.1. The number of nitrogens with zero attached hydrogens (tertiary/aromatic N) is 1. The largest absolute Gasteiger partial charge is 0.426 e. The molecule has 6 nitrogen and oxygen atoms in total. The number of ether oxygens (including phenoxy) is 1. The minimum atomic E-state index is -0.491. The summed E-state index contributed by atoms with van der Waals surface area (Å²) in [6, 6.07) is 15.5. The third-order valence-electron chi connectivity index (χ3n) is 3.86. The second-order valence-corrected chi connectivity index (χ2v) is 6.50. The van der Waals surface area contributed by atoms with Crippen molar-refractivity contribution >= 4 is 40.7 Å². The summed E-state index contributed by atoms with van der Waals surface area (Å²) in [7, 11) is 0. The number of amides is 1. The van der Waals surface area contributed by atoms with E-state index >= 15 is 0 Å². The number of pyridine rings is 1. The van der Waals surface area contributed by atoms with Crippen molar-refractivity contribution in [2.75, 3.05) is 10.6 Å². The van der Waals surface area contributed by atoms with Gasteiger partial charge in [0.2, 0.25) is 0 Å². The van der Waals surface area contributed by atoms with Gasteiger partial charge in [-0.2, -0.15) is 0 Å². The number of carbonyl (C=O) groups is 2. The van der Waals surface area contributed by atoms with Crippen LogP contribution >= 0.6 is 11.6 Å². The minimum absolute atomic E-state index is 0.206. The Bertz CT molecular complexity index is 1020. The Morgan fingerprint density at radius 2 is 1.86 bits per heavy atom. The lowest BCUT2D eigenvalue weighted by molar-refractivity contribution is -0.131. The van der Waals surface area contributed by atoms with Crippen LogP contribution in [0, 0.1) is 6.92 Å². The first-order chi connectivity index (χ1) is 13.4. The molecule has 0 fully saturated rings. The molecule has 0 aliphatic rings. The van der Waals surface area contributed by atoms with Crippen molar-refractivity contribution in [3.05, 3.63) is 76.9 Å². The first kappa shape index (κ1) is 19.4. The van der Waals surface area contributed by atoms with Crippen LogP contribution in [0.15, 0.2) is 60.8 Å². The number of anilines is 3. The third kappa shape index (κ3) is 4.86. The predicted octanol–water partition coefficient (Wildman–Crippen LogP) is 4.96. The van der Waals surface area contributed by atoms with Gasteiger partial charge in [0.25, 0.3) is 5.91 Å². The van der Waals surface area contributed by atoms with Crippen LogP contribution in [-0.2, 0) is 4.79 Å². The molecule has 142 valence electrons. The van der Waals surface area contributed by atoms with Crippen molar-refractivity contribution in [3.63, 3.8) is 0 Å². The maximum atomic E-state index is 12.5. The standard InChI is InChI=1S/C21H18ClN3O3/c1-13-11-15(22)7-9-18(13)25-20-10-8-16(12-23-20)24-21(27)17-5-3-4-6-19(17)28-14(2)26/h3-12H,1-2H3,(H,23,25)(H,24,27). The highest BCUT2D eigenvalue weighted by atomic mass is 35.5. The highest BCUT2D eigenvalue weighted by Crippen LogP contribution is 2.24. The van der Waals surface area contributed by atoms with Crippen molar-refractivity contribution in [3.8, 4) is 5.75 Å². The molecule has 1 heterocycles. The Kier molecular flexibility index (Phi) is 5.91. The monoisotopic (exact) mass is 395 g/mol. The number of para-hydroxylation sites is 1. The zero-order valence-corrected chi connectivity index (χ0v) is 16.1. The quantitative estimate of drug-likeness (QED) is 0.471. The Hall–Kier alpha value is -3.38. The molecule has 28 heavy (non-hydrogen) atoms. The average molecular weight is 396 g/mol. The molecule has 1 amide bonds. The summed E-state index contributed by atoms with van der Waals surface area (Å²) >= 11 is 5.97. The summed E-state index contributed by atoms with van der Waals surface area (Å²) in [6.07, 6.45) is 1.54. The van der Waals surface area contributed by atoms with E-state index in [2.05, 4.69) is 15.6 Å². The predicted molar refractivity (Wildman–Crippen MR) is 109 cm³/mol. The normalized spacial score (nSPS) is 10.2. The fraction of sp³-hybridized carbons (Fsp3) is 0.0952. The Balaban J connectivity index is 1.71. The molecule has 0 saturated heterocycles. The summed E-state index contributed by atoms with van der Waals surface area (Å²) in [4.78, 5) is 28.0. The number of nitrogens with one attached hydrogen (secondary N) is 2. The van der Waals surface area contributed by atoms with Gasteiger partial charge in [-0.1, -0.05) is 23.7 Å². The maximum absolute atomic E-state index is 12.5. The molecule has 0 unspecified atom stereocenters. The van der Waals surface area contributed by atoms with E-state index in [4.69, 9.17) is 16.3 Å². The SMILES string of the molecule is CC(=O)Oc1ccccc1C(=O)Nc1ccc(Nc2ccc(Cl)cc2C)nc1. The smallest absolute Gasteiger partial charge is 0.308 e. The second kappa shape index (κ2) is 8.54. The molecule has 0 saturated carbocycles. The number of esters is 1. The van der Waals surface area contributed by atoms with Crippen molar-refractivity contribution in [2.45, 2.75) is 13.8 Å². The number of rotatable bonds is 5. The van der Waals surface area contributed by atoms with Crippen LogP contribution in [0.4, 0.5) is 17.2 Å². The van der Waals surface area contributed by atoms with Gasteiger partial charge in [-0.25, -0.2) is 4.98 Å². The van der Waals surface area contributed by atoms with E-state index in [1.807, 2.05) is 19.1 Å². The van der Waals surface area contributed by atoms with E-state index in [0.29, 0.717) is 16.5 Å². The number of aromatic nitrogens is 1. The number of aryl methyl sites for hydroxylation is 1. The van der Waals surface area contributed by atoms with Gasteiger partial charge in [0, 0.05) is 17.6 Å². The molecule has 0 atom stereocenters. The lowest BCUT2D eigenvalue weighted by Crippen LogP contribution is -2.15. The molecule has 0 bridgehead atoms. The molecule has 2 aromatic carbocycles. The van der Waals surface area contributed by atoms with Gasteiger partial charge in [-0.15, -0.1) is 0 Å². The van der Waals surface area contributed by atoms with Crippen LogP contribution in [-0.4, -0.2) is 16.9 Å². The molecular formula is C21H18ClN3O3. The van der Waals surface area contributed by atoms with Crippen molar-refractivity contribution in [1.82, 2.24) is 4.98 Å². The van der Waals surface area contributed by atoms with Crippen LogP contribution in [0.25, 0.3) is 0 Å². The molecule has 2 N–H and O–H groups in total. The zero-order valence-electron chi connectivity index (χ0n) is 15.3. The van der Waals surface area contributed by atoms with E-state index in [1.165, 1.54) is 6.92 Å². The van der Waals surface area contributed by atoms with E-state index in [9.17, 15) is 9.59 Å². The number of benzene rings is 2. The summed E-state index contributed by atoms with van der Waals surface area (Å²) in [5.41, 5.74) is 2.66. The van der Waals surface area contributed by atoms with Crippen molar-refractivity contribution in [2.24, 2.45) is 0 Å². The minimum Gasteiger partial charge on any atom is -0.426 e. The summed E-state index contributed by atoms with van der Waals surface area (Å²) in [5, 5.41) is 6.62. The van der Waals surface area contributed by atoms with Crippen LogP contribution in [0.5, 0.6) is 5.75 Å². The van der Waals surface area contributed by atoms with Crippen LogP contribution in [0.1, 0.15) is 22.8 Å². The molecule has 1 aromatic heterocycles. The van der Waals surface area contributed by atoms with Gasteiger partial charge in [-0.05, 0) is 55.0 Å². The molecule has 0 spiro atoms. The van der Waals surface area contributed by atoms with Crippen molar-refractivity contribution in [1.29, 1.82) is 0 Å². The van der Waals surface area contributed by atoms with Gasteiger partial charge in [0.05, 0.1) is 17.4 Å².